The molecule has 1 aliphatic rings. The number of aliphatic imine (C=N–C) groups is 2. The van der Waals surface area contributed by atoms with E-state index in [1.807, 2.05) is 18.2 Å². The van der Waals surface area contributed by atoms with Crippen molar-refractivity contribution in [1.29, 1.82) is 0 Å². The molecule has 4 nitrogen and oxygen atoms in total. The van der Waals surface area contributed by atoms with Crippen molar-refractivity contribution < 1.29 is 0 Å². The molecule has 0 spiro atoms. The van der Waals surface area contributed by atoms with E-state index < -0.39 is 0 Å². The minimum Gasteiger partial charge on any atom is -0.368 e. The van der Waals surface area contributed by atoms with E-state index in [9.17, 15) is 0 Å². The molecular formula is C8H8N4. The van der Waals surface area contributed by atoms with Crippen molar-refractivity contribution in [3.8, 4) is 0 Å². The van der Waals surface area contributed by atoms with E-state index in [4.69, 9.17) is 5.73 Å². The van der Waals surface area contributed by atoms with Crippen LogP contribution in [0.5, 0.6) is 0 Å². The molecule has 0 aromatic carbocycles. The van der Waals surface area contributed by atoms with Gasteiger partial charge in [-0.1, -0.05) is 6.07 Å². The number of rotatable bonds is 1. The first-order valence-corrected chi connectivity index (χ1v) is 3.65. The average Bonchev–Trinajstić information content (AvgIpc) is 2.54. The van der Waals surface area contributed by atoms with Crippen LogP contribution in [0, 0.1) is 0 Å². The molecule has 1 aromatic heterocycles. The van der Waals surface area contributed by atoms with Crippen molar-refractivity contribution in [2.24, 2.45) is 15.7 Å². The Labute approximate surface area is 69.9 Å². The van der Waals surface area contributed by atoms with Gasteiger partial charge in [0.05, 0.1) is 18.0 Å². The molecule has 0 atom stereocenters. The minimum atomic E-state index is 0.343. The molecule has 0 saturated carbocycles. The van der Waals surface area contributed by atoms with Crippen LogP contribution in [0.15, 0.2) is 34.4 Å². The van der Waals surface area contributed by atoms with Gasteiger partial charge in [-0.05, 0) is 12.1 Å². The Morgan fingerprint density at radius 1 is 1.33 bits per heavy atom. The van der Waals surface area contributed by atoms with Gasteiger partial charge in [0, 0.05) is 6.20 Å². The summed E-state index contributed by atoms with van der Waals surface area (Å²) in [7, 11) is 0. The van der Waals surface area contributed by atoms with Gasteiger partial charge < -0.3 is 5.73 Å². The first-order valence-electron chi connectivity index (χ1n) is 3.65. The molecule has 12 heavy (non-hydrogen) atoms. The zero-order valence-corrected chi connectivity index (χ0v) is 6.44. The van der Waals surface area contributed by atoms with E-state index in [1.54, 1.807) is 6.20 Å². The van der Waals surface area contributed by atoms with Crippen molar-refractivity contribution in [3.05, 3.63) is 30.1 Å². The predicted octanol–water partition coefficient (Wildman–Crippen LogP) is 0.199. The number of nitrogens with two attached hydrogens (primary N) is 1. The Balaban J connectivity index is 2.30. The summed E-state index contributed by atoms with van der Waals surface area (Å²) in [5.74, 6) is 0.343. The highest BCUT2D eigenvalue weighted by atomic mass is 15.1. The highest BCUT2D eigenvalue weighted by Crippen LogP contribution is 2.01. The SMILES string of the molecule is NC1=NCC(c2ccccn2)=N1. The Morgan fingerprint density at radius 2 is 2.25 bits per heavy atom. The largest absolute Gasteiger partial charge is 0.368 e. The number of hydrogen-bond donors (Lipinski definition) is 1. The van der Waals surface area contributed by atoms with E-state index in [-0.39, 0.29) is 0 Å². The molecule has 60 valence electrons. The van der Waals surface area contributed by atoms with Crippen LogP contribution < -0.4 is 5.73 Å². The van der Waals surface area contributed by atoms with Gasteiger partial charge in [-0.15, -0.1) is 0 Å². The number of pyridine rings is 1. The van der Waals surface area contributed by atoms with Gasteiger partial charge in [-0.2, -0.15) is 0 Å². The normalized spacial score (nSPS) is 15.7. The van der Waals surface area contributed by atoms with Gasteiger partial charge >= 0.3 is 0 Å². The van der Waals surface area contributed by atoms with Gasteiger partial charge in [0.15, 0.2) is 0 Å². The van der Waals surface area contributed by atoms with Crippen LogP contribution in [-0.4, -0.2) is 23.2 Å². The third kappa shape index (κ3) is 1.18. The zero-order chi connectivity index (χ0) is 8.39. The second-order valence-electron chi connectivity index (χ2n) is 2.45. The molecule has 0 saturated heterocycles. The van der Waals surface area contributed by atoms with Crippen molar-refractivity contribution in [2.45, 2.75) is 0 Å². The highest BCUT2D eigenvalue weighted by molar-refractivity contribution is 6.10. The number of hydrogen-bond acceptors (Lipinski definition) is 4. The first-order chi connectivity index (χ1) is 5.86. The monoisotopic (exact) mass is 160 g/mol. The Morgan fingerprint density at radius 3 is 2.83 bits per heavy atom. The van der Waals surface area contributed by atoms with E-state index in [1.165, 1.54) is 0 Å². The fourth-order valence-corrected chi connectivity index (χ4v) is 1.04. The van der Waals surface area contributed by atoms with Gasteiger partial charge in [-0.25, -0.2) is 9.98 Å². The molecule has 4 heteroatoms. The fourth-order valence-electron chi connectivity index (χ4n) is 1.04. The van der Waals surface area contributed by atoms with Crippen LogP contribution in [-0.2, 0) is 0 Å². The van der Waals surface area contributed by atoms with Crippen LogP contribution in [0.2, 0.25) is 0 Å². The second kappa shape index (κ2) is 2.73. The summed E-state index contributed by atoms with van der Waals surface area (Å²) >= 11 is 0. The first kappa shape index (κ1) is 6.97. The Bertz CT molecular complexity index is 339. The molecule has 2 N–H and O–H groups in total. The standard InChI is InChI=1S/C8H8N4/c9-8-11-5-7(12-8)6-3-1-2-4-10-6/h1-4H,5H2,(H2,9,11). The molecule has 1 aromatic rings. The van der Waals surface area contributed by atoms with E-state index in [0.717, 1.165) is 11.4 Å². The maximum Gasteiger partial charge on any atom is 0.216 e. The molecular weight excluding hydrogens is 152 g/mol. The van der Waals surface area contributed by atoms with Gasteiger partial charge in [0.1, 0.15) is 0 Å². The third-order valence-electron chi connectivity index (χ3n) is 1.60. The molecule has 2 heterocycles. The van der Waals surface area contributed by atoms with Crippen molar-refractivity contribution in [1.82, 2.24) is 4.98 Å². The van der Waals surface area contributed by atoms with Gasteiger partial charge in [0.2, 0.25) is 5.96 Å². The van der Waals surface area contributed by atoms with Crippen molar-refractivity contribution in [3.63, 3.8) is 0 Å². The van der Waals surface area contributed by atoms with Crippen LogP contribution in [0.4, 0.5) is 0 Å². The van der Waals surface area contributed by atoms with Crippen LogP contribution in [0.25, 0.3) is 0 Å². The summed E-state index contributed by atoms with van der Waals surface area (Å²) in [6, 6.07) is 5.68. The number of aromatic nitrogens is 1. The van der Waals surface area contributed by atoms with E-state index >= 15 is 0 Å². The van der Waals surface area contributed by atoms with Crippen LogP contribution in [0.1, 0.15) is 5.69 Å². The maximum atomic E-state index is 5.40. The minimum absolute atomic E-state index is 0.343. The maximum absolute atomic E-state index is 5.40. The quantitative estimate of drug-likeness (QED) is 0.637. The lowest BCUT2D eigenvalue weighted by atomic mass is 10.2. The molecule has 0 unspecified atom stereocenters. The Kier molecular flexibility index (Phi) is 1.59. The van der Waals surface area contributed by atoms with Crippen LogP contribution >= 0.6 is 0 Å². The lowest BCUT2D eigenvalue weighted by molar-refractivity contribution is 1.25. The second-order valence-corrected chi connectivity index (χ2v) is 2.45. The highest BCUT2D eigenvalue weighted by Gasteiger charge is 2.09. The van der Waals surface area contributed by atoms with Gasteiger partial charge in [-0.3, -0.25) is 4.98 Å². The lowest BCUT2D eigenvalue weighted by Gasteiger charge is -1.95. The summed E-state index contributed by atoms with van der Waals surface area (Å²) in [6.07, 6.45) is 1.73. The summed E-state index contributed by atoms with van der Waals surface area (Å²) in [4.78, 5) is 12.1. The Hall–Kier alpha value is -1.71. The fraction of sp³-hybridized carbons (Fsp3) is 0.125. The molecule has 2 rings (SSSR count). The van der Waals surface area contributed by atoms with E-state index in [2.05, 4.69) is 15.0 Å². The van der Waals surface area contributed by atoms with Crippen molar-refractivity contribution in [2.75, 3.05) is 6.54 Å². The topological polar surface area (TPSA) is 63.6 Å². The van der Waals surface area contributed by atoms with Crippen LogP contribution in [0.3, 0.4) is 0 Å². The number of guanidine groups is 1. The molecule has 0 fully saturated rings. The predicted molar refractivity (Wildman–Crippen MR) is 47.3 cm³/mol. The summed E-state index contributed by atoms with van der Waals surface area (Å²) in [5.41, 5.74) is 7.09. The molecule has 0 radical (unpaired) electrons. The zero-order valence-electron chi connectivity index (χ0n) is 6.44. The average molecular weight is 160 g/mol. The summed E-state index contributed by atoms with van der Waals surface area (Å²) < 4.78 is 0. The lowest BCUT2D eigenvalue weighted by Crippen LogP contribution is -2.06. The number of nitrogens with zero attached hydrogens (tertiary/aromatic N) is 3. The van der Waals surface area contributed by atoms with E-state index in [0.29, 0.717) is 12.5 Å². The summed E-state index contributed by atoms with van der Waals surface area (Å²) in [6.45, 7) is 0.544. The third-order valence-corrected chi connectivity index (χ3v) is 1.60. The molecule has 1 aliphatic heterocycles. The van der Waals surface area contributed by atoms with Gasteiger partial charge in [0.25, 0.3) is 0 Å². The smallest absolute Gasteiger partial charge is 0.216 e. The summed E-state index contributed by atoms with van der Waals surface area (Å²) in [5, 5.41) is 0. The molecule has 0 amide bonds. The van der Waals surface area contributed by atoms with Crippen molar-refractivity contribution >= 4 is 11.7 Å². The molecule has 0 bridgehead atoms. The molecule has 0 aliphatic carbocycles.